The molecule has 1 aliphatic rings. The number of carboxylic acids is 1. The van der Waals surface area contributed by atoms with Crippen molar-refractivity contribution < 1.29 is 27.8 Å². The average Bonchev–Trinajstić information content (AvgIpc) is 2.90. The number of piperidine rings is 1. The highest BCUT2D eigenvalue weighted by Crippen LogP contribution is 2.41. The van der Waals surface area contributed by atoms with Crippen LogP contribution in [0.25, 0.3) is 10.9 Å². The Kier molecular flexibility index (Phi) is 9.40. The molecule has 7 nitrogen and oxygen atoms in total. The summed E-state index contributed by atoms with van der Waals surface area (Å²) < 4.78 is 46.4. The molecule has 0 bridgehead atoms. The molecule has 216 valence electrons. The van der Waals surface area contributed by atoms with Crippen LogP contribution < -0.4 is 15.0 Å². The maximum atomic E-state index is 13.9. The SMILES string of the molecule is COc1ccc2ncc(N(C)C)c(CCCC3(CC(=O)O)CCN(CCNc4c(F)cc(F)cc4F)CC3)c2c1. The first-order valence-corrected chi connectivity index (χ1v) is 13.6. The van der Waals surface area contributed by atoms with Crippen molar-refractivity contribution in [3.8, 4) is 5.75 Å². The van der Waals surface area contributed by atoms with Crippen LogP contribution in [0.2, 0.25) is 0 Å². The number of nitrogens with zero attached hydrogens (tertiary/aromatic N) is 3. The Morgan fingerprint density at radius 3 is 2.48 bits per heavy atom. The number of aryl methyl sites for hydroxylation is 1. The number of nitrogens with one attached hydrogen (secondary N) is 1. The summed E-state index contributed by atoms with van der Waals surface area (Å²) in [5, 5.41) is 13.5. The molecule has 3 aromatic rings. The van der Waals surface area contributed by atoms with Crippen molar-refractivity contribution in [3.05, 3.63) is 59.5 Å². The number of benzene rings is 2. The zero-order chi connectivity index (χ0) is 28.9. The van der Waals surface area contributed by atoms with Gasteiger partial charge in [-0.1, -0.05) is 0 Å². The van der Waals surface area contributed by atoms with Gasteiger partial charge in [-0.15, -0.1) is 0 Å². The molecule has 0 spiro atoms. The zero-order valence-electron chi connectivity index (χ0n) is 23.3. The summed E-state index contributed by atoms with van der Waals surface area (Å²) in [6.45, 7) is 2.22. The first-order chi connectivity index (χ1) is 19.1. The molecule has 0 saturated carbocycles. The molecule has 2 heterocycles. The van der Waals surface area contributed by atoms with Gasteiger partial charge in [0.15, 0.2) is 11.6 Å². The van der Waals surface area contributed by atoms with Crippen LogP contribution in [-0.2, 0) is 11.2 Å². The van der Waals surface area contributed by atoms with Crippen molar-refractivity contribution in [2.75, 3.05) is 57.6 Å². The van der Waals surface area contributed by atoms with E-state index in [1.807, 2.05) is 43.4 Å². The Bertz CT molecular complexity index is 1320. The summed E-state index contributed by atoms with van der Waals surface area (Å²) in [4.78, 5) is 20.7. The lowest BCUT2D eigenvalue weighted by Gasteiger charge is -2.41. The number of hydrogen-bond acceptors (Lipinski definition) is 6. The smallest absolute Gasteiger partial charge is 0.303 e. The van der Waals surface area contributed by atoms with E-state index >= 15 is 0 Å². The van der Waals surface area contributed by atoms with Crippen LogP contribution in [0.3, 0.4) is 0 Å². The second kappa shape index (κ2) is 12.8. The number of aromatic nitrogens is 1. The molecule has 0 radical (unpaired) electrons. The molecular formula is C30H37F3N4O3. The van der Waals surface area contributed by atoms with Crippen molar-refractivity contribution in [2.24, 2.45) is 5.41 Å². The molecule has 40 heavy (non-hydrogen) atoms. The minimum atomic E-state index is -0.963. The largest absolute Gasteiger partial charge is 0.497 e. The number of aliphatic carboxylic acids is 1. The highest BCUT2D eigenvalue weighted by atomic mass is 19.1. The fourth-order valence-corrected chi connectivity index (χ4v) is 5.77. The third kappa shape index (κ3) is 6.96. The van der Waals surface area contributed by atoms with E-state index in [1.54, 1.807) is 7.11 Å². The van der Waals surface area contributed by atoms with Gasteiger partial charge in [-0.3, -0.25) is 9.78 Å². The Balaban J connectivity index is 1.39. The Labute approximate surface area is 232 Å². The summed E-state index contributed by atoms with van der Waals surface area (Å²) in [7, 11) is 5.62. The van der Waals surface area contributed by atoms with E-state index in [9.17, 15) is 23.1 Å². The van der Waals surface area contributed by atoms with E-state index in [0.717, 1.165) is 54.4 Å². The highest BCUT2D eigenvalue weighted by molar-refractivity contribution is 5.88. The van der Waals surface area contributed by atoms with Crippen LogP contribution in [0, 0.1) is 22.9 Å². The number of fused-ring (bicyclic) bond motifs is 1. The Hall–Kier alpha value is -3.53. The molecular weight excluding hydrogens is 521 g/mol. The number of methoxy groups -OCH3 is 1. The van der Waals surface area contributed by atoms with Crippen molar-refractivity contribution >= 4 is 28.2 Å². The van der Waals surface area contributed by atoms with E-state index in [2.05, 4.69) is 15.2 Å². The number of rotatable bonds is 12. The fraction of sp³-hybridized carbons (Fsp3) is 0.467. The van der Waals surface area contributed by atoms with Gasteiger partial charge in [0.05, 0.1) is 30.9 Å². The maximum Gasteiger partial charge on any atom is 0.303 e. The van der Waals surface area contributed by atoms with Gasteiger partial charge in [0, 0.05) is 44.7 Å². The van der Waals surface area contributed by atoms with Crippen LogP contribution in [0.15, 0.2) is 36.5 Å². The number of ether oxygens (including phenoxy) is 1. The third-order valence-electron chi connectivity index (χ3n) is 7.96. The van der Waals surface area contributed by atoms with Gasteiger partial charge in [-0.05, 0) is 74.4 Å². The minimum Gasteiger partial charge on any atom is -0.497 e. The molecule has 4 rings (SSSR count). The average molecular weight is 559 g/mol. The number of carbonyl (C=O) groups is 1. The molecule has 1 fully saturated rings. The van der Waals surface area contributed by atoms with Crippen molar-refractivity contribution in [2.45, 2.75) is 38.5 Å². The summed E-state index contributed by atoms with van der Waals surface area (Å²) >= 11 is 0. The predicted octanol–water partition coefficient (Wildman–Crippen LogP) is 5.72. The molecule has 10 heteroatoms. The summed E-state index contributed by atoms with van der Waals surface area (Å²) in [6, 6.07) is 7.16. The van der Waals surface area contributed by atoms with Gasteiger partial charge in [0.1, 0.15) is 17.3 Å². The van der Waals surface area contributed by atoms with E-state index < -0.39 is 23.4 Å². The van der Waals surface area contributed by atoms with Gasteiger partial charge >= 0.3 is 5.97 Å². The second-order valence-electron chi connectivity index (χ2n) is 10.8. The quantitative estimate of drug-likeness (QED) is 0.295. The lowest BCUT2D eigenvalue weighted by Crippen LogP contribution is -2.43. The van der Waals surface area contributed by atoms with E-state index in [4.69, 9.17) is 4.74 Å². The van der Waals surface area contributed by atoms with Gasteiger partial charge in [-0.2, -0.15) is 0 Å². The lowest BCUT2D eigenvalue weighted by molar-refractivity contribution is -0.140. The molecule has 0 amide bonds. The molecule has 1 aliphatic heterocycles. The number of anilines is 2. The Morgan fingerprint density at radius 2 is 1.85 bits per heavy atom. The number of carboxylic acid groups (broad SMARTS) is 1. The molecule has 0 aliphatic carbocycles. The van der Waals surface area contributed by atoms with Gasteiger partial charge in [0.2, 0.25) is 0 Å². The van der Waals surface area contributed by atoms with Crippen LogP contribution in [0.1, 0.15) is 37.7 Å². The van der Waals surface area contributed by atoms with Crippen molar-refractivity contribution in [1.29, 1.82) is 0 Å². The summed E-state index contributed by atoms with van der Waals surface area (Å²) in [6.07, 6.45) is 5.83. The van der Waals surface area contributed by atoms with E-state index in [1.165, 1.54) is 5.56 Å². The summed E-state index contributed by atoms with van der Waals surface area (Å²) in [5.41, 5.74) is 2.44. The first-order valence-electron chi connectivity index (χ1n) is 13.6. The monoisotopic (exact) mass is 558 g/mol. The number of hydrogen-bond donors (Lipinski definition) is 2. The molecule has 1 saturated heterocycles. The predicted molar refractivity (Wildman–Crippen MR) is 151 cm³/mol. The second-order valence-corrected chi connectivity index (χ2v) is 10.8. The molecule has 2 aromatic carbocycles. The first kappa shape index (κ1) is 29.5. The fourth-order valence-electron chi connectivity index (χ4n) is 5.77. The maximum absolute atomic E-state index is 13.9. The van der Waals surface area contributed by atoms with E-state index in [0.29, 0.717) is 31.8 Å². The number of halogens is 3. The highest BCUT2D eigenvalue weighted by Gasteiger charge is 2.36. The van der Waals surface area contributed by atoms with Gasteiger partial charge in [0.25, 0.3) is 0 Å². The standard InChI is InChI=1S/C30H37F3N4O3/c1-36(2)27-19-35-26-7-6-21(40-3)17-23(26)22(27)5-4-8-30(18-28(38)39)9-12-37(13-10-30)14-11-34-29-24(32)15-20(31)16-25(29)33/h6-7,15-17,19,34H,4-5,8-14,18H2,1-3H3,(H,38,39). The van der Waals surface area contributed by atoms with Crippen LogP contribution >= 0.6 is 0 Å². The minimum absolute atomic E-state index is 0.108. The van der Waals surface area contributed by atoms with Crippen LogP contribution in [-0.4, -0.2) is 68.3 Å². The molecule has 0 unspecified atom stereocenters. The van der Waals surface area contributed by atoms with Crippen molar-refractivity contribution in [1.82, 2.24) is 9.88 Å². The topological polar surface area (TPSA) is 77.9 Å². The van der Waals surface area contributed by atoms with Crippen LogP contribution in [0.4, 0.5) is 24.5 Å². The molecule has 2 N–H and O–H groups in total. The van der Waals surface area contributed by atoms with E-state index in [-0.39, 0.29) is 24.1 Å². The van der Waals surface area contributed by atoms with Crippen molar-refractivity contribution in [3.63, 3.8) is 0 Å². The molecule has 1 aromatic heterocycles. The third-order valence-corrected chi connectivity index (χ3v) is 7.96. The zero-order valence-corrected chi connectivity index (χ0v) is 23.3. The summed E-state index contributed by atoms with van der Waals surface area (Å²) in [5.74, 6) is -2.92. The number of likely N-dealkylation sites (tertiary alicyclic amines) is 1. The molecule has 0 atom stereocenters. The van der Waals surface area contributed by atoms with Gasteiger partial charge < -0.3 is 25.0 Å². The van der Waals surface area contributed by atoms with Gasteiger partial charge in [-0.25, -0.2) is 13.2 Å². The number of pyridine rings is 1. The van der Waals surface area contributed by atoms with Crippen LogP contribution in [0.5, 0.6) is 5.75 Å². The lowest BCUT2D eigenvalue weighted by atomic mass is 9.72. The Morgan fingerprint density at radius 1 is 1.15 bits per heavy atom. The normalized spacial score (nSPS) is 15.2.